The van der Waals surface area contributed by atoms with E-state index < -0.39 is 23.1 Å². The van der Waals surface area contributed by atoms with E-state index in [2.05, 4.69) is 0 Å². The van der Waals surface area contributed by atoms with Crippen LogP contribution in [0.15, 0.2) is 12.1 Å². The fraction of sp³-hybridized carbons (Fsp3) is 0.556. The zero-order valence-electron chi connectivity index (χ0n) is 14.1. The van der Waals surface area contributed by atoms with E-state index in [4.69, 9.17) is 4.74 Å². The van der Waals surface area contributed by atoms with Gasteiger partial charge in [-0.3, -0.25) is 9.59 Å². The Balaban J connectivity index is 1.96. The van der Waals surface area contributed by atoms with Crippen LogP contribution in [0.2, 0.25) is 0 Å². The van der Waals surface area contributed by atoms with Gasteiger partial charge in [0.2, 0.25) is 0 Å². The zero-order valence-corrected chi connectivity index (χ0v) is 14.1. The van der Waals surface area contributed by atoms with E-state index in [0.717, 1.165) is 18.9 Å². The summed E-state index contributed by atoms with van der Waals surface area (Å²) in [4.78, 5) is 25.7. The van der Waals surface area contributed by atoms with Crippen molar-refractivity contribution in [3.63, 3.8) is 0 Å². The number of likely N-dealkylation sites (tertiary alicyclic amines) is 1. The van der Waals surface area contributed by atoms with Gasteiger partial charge in [-0.15, -0.1) is 0 Å². The Kier molecular flexibility index (Phi) is 6.29. The highest BCUT2D eigenvalue weighted by atomic mass is 19.1. The first-order chi connectivity index (χ1) is 11.5. The molecule has 0 atom stereocenters. The third-order valence-corrected chi connectivity index (χ3v) is 4.36. The maximum Gasteiger partial charge on any atom is 0.309 e. The van der Waals surface area contributed by atoms with E-state index in [0.29, 0.717) is 32.5 Å². The van der Waals surface area contributed by atoms with Gasteiger partial charge in [-0.2, -0.15) is 0 Å². The fourth-order valence-electron chi connectivity index (χ4n) is 2.76. The monoisotopic (exact) mass is 339 g/mol. The SMILES string of the molecule is CCCCOC(=O)C1CCN(C(=O)c2c(F)ccc(C)c2F)CC1. The number of unbranched alkanes of at least 4 members (excludes halogenated alkanes) is 1. The van der Waals surface area contributed by atoms with Crippen LogP contribution in [0.25, 0.3) is 0 Å². The van der Waals surface area contributed by atoms with Crippen molar-refractivity contribution >= 4 is 11.9 Å². The number of aryl methyl sites for hydroxylation is 1. The van der Waals surface area contributed by atoms with Crippen LogP contribution in [0.1, 0.15) is 48.5 Å². The molecule has 0 radical (unpaired) electrons. The molecular formula is C18H23F2NO3. The Morgan fingerprint density at radius 3 is 2.54 bits per heavy atom. The number of amides is 1. The lowest BCUT2D eigenvalue weighted by Gasteiger charge is -2.31. The number of carbonyl (C=O) groups excluding carboxylic acids is 2. The molecule has 0 N–H and O–H groups in total. The molecule has 2 rings (SSSR count). The van der Waals surface area contributed by atoms with Gasteiger partial charge >= 0.3 is 5.97 Å². The van der Waals surface area contributed by atoms with Crippen molar-refractivity contribution in [2.75, 3.05) is 19.7 Å². The molecule has 24 heavy (non-hydrogen) atoms. The average molecular weight is 339 g/mol. The van der Waals surface area contributed by atoms with Crippen LogP contribution in [0, 0.1) is 24.5 Å². The second-order valence-corrected chi connectivity index (χ2v) is 6.14. The predicted molar refractivity (Wildman–Crippen MR) is 85.6 cm³/mol. The molecule has 0 unspecified atom stereocenters. The fourth-order valence-corrected chi connectivity index (χ4v) is 2.76. The molecule has 6 heteroatoms. The number of carbonyl (C=O) groups is 2. The number of hydrogen-bond acceptors (Lipinski definition) is 3. The Morgan fingerprint density at radius 2 is 1.92 bits per heavy atom. The average Bonchev–Trinajstić information content (AvgIpc) is 2.58. The second kappa shape index (κ2) is 8.22. The van der Waals surface area contributed by atoms with Gasteiger partial charge in [0.05, 0.1) is 12.5 Å². The first kappa shape index (κ1) is 18.4. The highest BCUT2D eigenvalue weighted by Gasteiger charge is 2.31. The van der Waals surface area contributed by atoms with Crippen LogP contribution in [0.5, 0.6) is 0 Å². The van der Waals surface area contributed by atoms with Gasteiger partial charge in [-0.05, 0) is 37.8 Å². The number of ether oxygens (including phenoxy) is 1. The molecular weight excluding hydrogens is 316 g/mol. The summed E-state index contributed by atoms with van der Waals surface area (Å²) < 4.78 is 33.1. The van der Waals surface area contributed by atoms with Gasteiger partial charge in [0, 0.05) is 13.1 Å². The standard InChI is InChI=1S/C18H23F2NO3/c1-3-4-11-24-18(23)13-7-9-21(10-8-13)17(22)15-14(19)6-5-12(2)16(15)20/h5-6,13H,3-4,7-11H2,1-2H3. The van der Waals surface area contributed by atoms with Crippen LogP contribution < -0.4 is 0 Å². The molecule has 1 heterocycles. The molecule has 132 valence electrons. The number of benzene rings is 1. The van der Waals surface area contributed by atoms with Crippen molar-refractivity contribution in [3.05, 3.63) is 34.9 Å². The highest BCUT2D eigenvalue weighted by Crippen LogP contribution is 2.23. The molecule has 0 saturated carbocycles. The Hall–Kier alpha value is -1.98. The van der Waals surface area contributed by atoms with E-state index in [1.165, 1.54) is 17.9 Å². The summed E-state index contributed by atoms with van der Waals surface area (Å²) >= 11 is 0. The van der Waals surface area contributed by atoms with E-state index in [1.54, 1.807) is 0 Å². The van der Waals surface area contributed by atoms with Gasteiger partial charge in [0.25, 0.3) is 5.91 Å². The van der Waals surface area contributed by atoms with Crippen LogP contribution in [0.3, 0.4) is 0 Å². The summed E-state index contributed by atoms with van der Waals surface area (Å²) in [5.41, 5.74) is -0.284. The lowest BCUT2D eigenvalue weighted by molar-refractivity contribution is -0.150. The summed E-state index contributed by atoms with van der Waals surface area (Å²) in [5, 5.41) is 0. The van der Waals surface area contributed by atoms with Crippen LogP contribution in [-0.2, 0) is 9.53 Å². The number of nitrogens with zero attached hydrogens (tertiary/aromatic N) is 1. The van der Waals surface area contributed by atoms with Gasteiger partial charge in [-0.25, -0.2) is 8.78 Å². The zero-order chi connectivity index (χ0) is 17.7. The van der Waals surface area contributed by atoms with Crippen molar-refractivity contribution in [1.29, 1.82) is 0 Å². The van der Waals surface area contributed by atoms with Crippen molar-refractivity contribution in [2.45, 2.75) is 39.5 Å². The minimum absolute atomic E-state index is 0.231. The molecule has 1 aliphatic rings. The highest BCUT2D eigenvalue weighted by molar-refractivity contribution is 5.95. The van der Waals surface area contributed by atoms with Gasteiger partial charge in [0.15, 0.2) is 0 Å². The van der Waals surface area contributed by atoms with Gasteiger partial charge in [0.1, 0.15) is 17.2 Å². The summed E-state index contributed by atoms with van der Waals surface area (Å²) in [6, 6.07) is 2.41. The van der Waals surface area contributed by atoms with Crippen LogP contribution in [-0.4, -0.2) is 36.5 Å². The Labute approximate surface area is 140 Å². The van der Waals surface area contributed by atoms with E-state index in [9.17, 15) is 18.4 Å². The molecule has 1 amide bonds. The normalized spacial score (nSPS) is 15.4. The van der Waals surface area contributed by atoms with Gasteiger partial charge in [-0.1, -0.05) is 19.4 Å². The van der Waals surface area contributed by atoms with E-state index in [1.807, 2.05) is 6.92 Å². The predicted octanol–water partition coefficient (Wildman–Crippen LogP) is 3.47. The van der Waals surface area contributed by atoms with Crippen LogP contribution in [0.4, 0.5) is 8.78 Å². The first-order valence-electron chi connectivity index (χ1n) is 8.36. The number of rotatable bonds is 5. The second-order valence-electron chi connectivity index (χ2n) is 6.14. The third-order valence-electron chi connectivity index (χ3n) is 4.36. The largest absolute Gasteiger partial charge is 0.465 e. The van der Waals surface area contributed by atoms with Crippen molar-refractivity contribution < 1.29 is 23.1 Å². The molecule has 0 aliphatic carbocycles. The van der Waals surface area contributed by atoms with Crippen molar-refractivity contribution in [1.82, 2.24) is 4.90 Å². The summed E-state index contributed by atoms with van der Waals surface area (Å²) in [5.74, 6) is -2.83. The molecule has 1 aromatic rings. The minimum Gasteiger partial charge on any atom is -0.465 e. The van der Waals surface area contributed by atoms with Crippen molar-refractivity contribution in [3.8, 4) is 0 Å². The maximum atomic E-state index is 14.1. The number of halogens is 2. The van der Waals surface area contributed by atoms with Gasteiger partial charge < -0.3 is 9.64 Å². The summed E-state index contributed by atoms with van der Waals surface area (Å²) in [7, 11) is 0. The topological polar surface area (TPSA) is 46.6 Å². The van der Waals surface area contributed by atoms with E-state index >= 15 is 0 Å². The quantitative estimate of drug-likeness (QED) is 0.610. The minimum atomic E-state index is -0.857. The maximum absolute atomic E-state index is 14.1. The number of piperidine rings is 1. The molecule has 1 aromatic carbocycles. The molecule has 4 nitrogen and oxygen atoms in total. The molecule has 0 spiro atoms. The lowest BCUT2D eigenvalue weighted by Crippen LogP contribution is -2.41. The molecule has 0 aromatic heterocycles. The number of hydrogen-bond donors (Lipinski definition) is 0. The smallest absolute Gasteiger partial charge is 0.309 e. The van der Waals surface area contributed by atoms with Crippen LogP contribution >= 0.6 is 0 Å². The third kappa shape index (κ3) is 4.10. The molecule has 1 aliphatic heterocycles. The number of esters is 1. The molecule has 1 saturated heterocycles. The molecule has 0 bridgehead atoms. The Bertz CT molecular complexity index is 611. The first-order valence-corrected chi connectivity index (χ1v) is 8.36. The summed E-state index contributed by atoms with van der Waals surface area (Å²) in [6.45, 7) is 4.50. The Morgan fingerprint density at radius 1 is 1.25 bits per heavy atom. The molecule has 1 fully saturated rings. The lowest BCUT2D eigenvalue weighted by atomic mass is 9.96. The van der Waals surface area contributed by atoms with E-state index in [-0.39, 0.29) is 17.5 Å². The summed E-state index contributed by atoms with van der Waals surface area (Å²) in [6.07, 6.45) is 2.68. The van der Waals surface area contributed by atoms with Crippen molar-refractivity contribution in [2.24, 2.45) is 5.92 Å².